The Labute approximate surface area is 219 Å². The van der Waals surface area contributed by atoms with Crippen molar-refractivity contribution >= 4 is 28.7 Å². The van der Waals surface area contributed by atoms with E-state index < -0.39 is 17.9 Å². The van der Waals surface area contributed by atoms with E-state index in [1.165, 1.54) is 0 Å². The number of benzene rings is 2. The number of aryl methyl sites for hydroxylation is 3. The van der Waals surface area contributed by atoms with Crippen LogP contribution in [-0.2, 0) is 29.6 Å². The molecule has 38 heavy (non-hydrogen) atoms. The van der Waals surface area contributed by atoms with Gasteiger partial charge in [-0.2, -0.15) is 0 Å². The van der Waals surface area contributed by atoms with Crippen molar-refractivity contribution in [3.63, 3.8) is 0 Å². The number of hydrogen-bond acceptors (Lipinski definition) is 7. The Hall–Kier alpha value is -4.54. The largest absolute Gasteiger partial charge is 0.480 e. The lowest BCUT2D eigenvalue weighted by Crippen LogP contribution is -2.41. The molecule has 4 aromatic rings. The number of carbonyl (C=O) groups is 2. The number of nitrogens with one attached hydrogen (secondary N) is 2. The topological polar surface area (TPSA) is 169 Å². The standard InChI is InChI=1S/C27H31N7O4/c1-27(2,3)34-15-19(32-33-34)11-13-22(25(37)38)29-23(35)18-9-6-16(7-10-18)4-5-17-8-12-21-20(14-17)24(36)31-26(28)30-21/h6-10,12,14-15,22H,4-5,11,13H2,1-3H3,(H,29,35)(H,37,38)(H3,28,30,31,36)/t22-/m0/s1. The number of H-pyrrole nitrogens is 1. The van der Waals surface area contributed by atoms with Crippen molar-refractivity contribution in [2.75, 3.05) is 5.73 Å². The van der Waals surface area contributed by atoms with E-state index in [4.69, 9.17) is 5.73 Å². The molecule has 0 saturated carbocycles. The molecule has 0 aliphatic carbocycles. The van der Waals surface area contributed by atoms with E-state index in [-0.39, 0.29) is 23.5 Å². The minimum atomic E-state index is -1.11. The molecule has 0 spiro atoms. The van der Waals surface area contributed by atoms with Crippen LogP contribution in [0.2, 0.25) is 0 Å². The van der Waals surface area contributed by atoms with Crippen LogP contribution in [0.15, 0.2) is 53.5 Å². The molecule has 2 heterocycles. The monoisotopic (exact) mass is 517 g/mol. The predicted octanol–water partition coefficient (Wildman–Crippen LogP) is 2.45. The molecule has 0 saturated heterocycles. The molecule has 1 atom stereocenters. The Morgan fingerprint density at radius 1 is 1.08 bits per heavy atom. The van der Waals surface area contributed by atoms with Crippen molar-refractivity contribution in [2.24, 2.45) is 0 Å². The van der Waals surface area contributed by atoms with Crippen LogP contribution in [0.4, 0.5) is 5.95 Å². The van der Waals surface area contributed by atoms with Gasteiger partial charge in [0.2, 0.25) is 5.95 Å². The van der Waals surface area contributed by atoms with Crippen LogP contribution in [0.25, 0.3) is 10.9 Å². The Morgan fingerprint density at radius 2 is 1.76 bits per heavy atom. The summed E-state index contributed by atoms with van der Waals surface area (Å²) in [6.45, 7) is 5.99. The third kappa shape index (κ3) is 6.41. The second-order valence-electron chi connectivity index (χ2n) is 10.2. The Morgan fingerprint density at radius 3 is 2.42 bits per heavy atom. The summed E-state index contributed by atoms with van der Waals surface area (Å²) in [6.07, 6.45) is 3.74. The highest BCUT2D eigenvalue weighted by Gasteiger charge is 2.22. The van der Waals surface area contributed by atoms with E-state index in [0.29, 0.717) is 41.4 Å². The van der Waals surface area contributed by atoms with Crippen molar-refractivity contribution in [3.05, 3.63) is 81.4 Å². The lowest BCUT2D eigenvalue weighted by molar-refractivity contribution is -0.139. The zero-order chi connectivity index (χ0) is 27.4. The third-order valence-corrected chi connectivity index (χ3v) is 6.23. The van der Waals surface area contributed by atoms with Gasteiger partial charge in [0.1, 0.15) is 6.04 Å². The summed E-state index contributed by atoms with van der Waals surface area (Å²) in [7, 11) is 0. The number of fused-ring (bicyclic) bond motifs is 1. The number of anilines is 1. The fraction of sp³-hybridized carbons (Fsp3) is 0.333. The molecule has 0 bridgehead atoms. The van der Waals surface area contributed by atoms with Crippen LogP contribution in [0.3, 0.4) is 0 Å². The number of nitrogens with zero attached hydrogens (tertiary/aromatic N) is 4. The Bertz CT molecular complexity index is 1520. The number of rotatable bonds is 9. The number of carbonyl (C=O) groups excluding carboxylic acids is 1. The Kier molecular flexibility index (Phi) is 7.56. The van der Waals surface area contributed by atoms with Crippen LogP contribution < -0.4 is 16.6 Å². The SMILES string of the molecule is CC(C)(C)n1cc(CC[C@H](NC(=O)c2ccc(CCc3ccc4nc(N)[nH]c(=O)c4c3)cc2)C(=O)O)nn1. The molecule has 5 N–H and O–H groups in total. The van der Waals surface area contributed by atoms with Gasteiger partial charge in [0.05, 0.1) is 22.1 Å². The maximum atomic E-state index is 12.7. The fourth-order valence-electron chi connectivity index (χ4n) is 4.00. The van der Waals surface area contributed by atoms with Gasteiger partial charge in [0.15, 0.2) is 0 Å². The number of amides is 1. The number of hydrogen-bond donors (Lipinski definition) is 4. The van der Waals surface area contributed by atoms with Crippen molar-refractivity contribution in [1.29, 1.82) is 0 Å². The number of carboxylic acids is 1. The smallest absolute Gasteiger partial charge is 0.326 e. The first kappa shape index (κ1) is 26.5. The van der Waals surface area contributed by atoms with Crippen LogP contribution in [0.1, 0.15) is 54.4 Å². The molecular weight excluding hydrogens is 486 g/mol. The van der Waals surface area contributed by atoms with Crippen LogP contribution >= 0.6 is 0 Å². The van der Waals surface area contributed by atoms with Crippen molar-refractivity contribution in [2.45, 2.75) is 58.0 Å². The number of nitrogens with two attached hydrogens (primary N) is 1. The molecule has 0 fully saturated rings. The molecule has 0 aliphatic heterocycles. The summed E-state index contributed by atoms with van der Waals surface area (Å²) in [4.78, 5) is 43.3. The molecule has 198 valence electrons. The van der Waals surface area contributed by atoms with E-state index >= 15 is 0 Å². The third-order valence-electron chi connectivity index (χ3n) is 6.23. The van der Waals surface area contributed by atoms with E-state index in [9.17, 15) is 19.5 Å². The number of aromatic amines is 1. The molecular formula is C27H31N7O4. The van der Waals surface area contributed by atoms with E-state index in [0.717, 1.165) is 11.1 Å². The number of carboxylic acid groups (broad SMARTS) is 1. The summed E-state index contributed by atoms with van der Waals surface area (Å²) < 4.78 is 1.73. The van der Waals surface area contributed by atoms with Crippen molar-refractivity contribution in [1.82, 2.24) is 30.3 Å². The normalized spacial score (nSPS) is 12.4. The molecule has 2 aromatic carbocycles. The van der Waals surface area contributed by atoms with Crippen LogP contribution in [0.5, 0.6) is 0 Å². The summed E-state index contributed by atoms with van der Waals surface area (Å²) in [5.41, 5.74) is 8.66. The minimum Gasteiger partial charge on any atom is -0.480 e. The summed E-state index contributed by atoms with van der Waals surface area (Å²) in [6, 6.07) is 11.5. The average Bonchev–Trinajstić information content (AvgIpc) is 3.35. The predicted molar refractivity (Wildman–Crippen MR) is 143 cm³/mol. The number of aromatic nitrogens is 5. The first-order valence-electron chi connectivity index (χ1n) is 12.3. The molecule has 0 unspecified atom stereocenters. The maximum absolute atomic E-state index is 12.7. The van der Waals surface area contributed by atoms with Gasteiger partial charge in [-0.05, 0) is 81.8 Å². The highest BCUT2D eigenvalue weighted by atomic mass is 16.4. The molecule has 11 heteroatoms. The second kappa shape index (κ2) is 10.8. The number of aliphatic carboxylic acids is 1. The second-order valence-corrected chi connectivity index (χ2v) is 10.2. The van der Waals surface area contributed by atoms with Gasteiger partial charge in [0.25, 0.3) is 11.5 Å². The van der Waals surface area contributed by atoms with Crippen molar-refractivity contribution in [3.8, 4) is 0 Å². The highest BCUT2D eigenvalue weighted by molar-refractivity contribution is 5.96. The van der Waals surface area contributed by atoms with Crippen molar-refractivity contribution < 1.29 is 14.7 Å². The van der Waals surface area contributed by atoms with Gasteiger partial charge in [-0.1, -0.05) is 23.4 Å². The summed E-state index contributed by atoms with van der Waals surface area (Å²) in [5, 5.41) is 20.9. The van der Waals surface area contributed by atoms with Gasteiger partial charge in [0, 0.05) is 11.8 Å². The van der Waals surface area contributed by atoms with Crippen LogP contribution in [-0.4, -0.2) is 48.0 Å². The molecule has 4 rings (SSSR count). The lowest BCUT2D eigenvalue weighted by Gasteiger charge is -2.17. The molecule has 11 nitrogen and oxygen atoms in total. The van der Waals surface area contributed by atoms with Gasteiger partial charge in [-0.3, -0.25) is 14.6 Å². The highest BCUT2D eigenvalue weighted by Crippen LogP contribution is 2.15. The summed E-state index contributed by atoms with van der Waals surface area (Å²) >= 11 is 0. The number of nitrogen functional groups attached to an aromatic ring is 1. The van der Waals surface area contributed by atoms with E-state index in [2.05, 4.69) is 25.6 Å². The van der Waals surface area contributed by atoms with Crippen LogP contribution in [0, 0.1) is 0 Å². The molecule has 0 aliphatic rings. The molecule has 1 amide bonds. The lowest BCUT2D eigenvalue weighted by atomic mass is 10.0. The first-order valence-corrected chi connectivity index (χ1v) is 12.3. The first-order chi connectivity index (χ1) is 18.0. The van der Waals surface area contributed by atoms with Gasteiger partial charge in [-0.25, -0.2) is 14.5 Å². The minimum absolute atomic E-state index is 0.0826. The molecule has 2 aromatic heterocycles. The van der Waals surface area contributed by atoms with Gasteiger partial charge >= 0.3 is 5.97 Å². The zero-order valence-corrected chi connectivity index (χ0v) is 21.6. The van der Waals surface area contributed by atoms with E-state index in [1.807, 2.05) is 39.0 Å². The average molecular weight is 518 g/mol. The fourth-order valence-corrected chi connectivity index (χ4v) is 4.00. The zero-order valence-electron chi connectivity index (χ0n) is 21.6. The van der Waals surface area contributed by atoms with Gasteiger partial charge in [-0.15, -0.1) is 5.10 Å². The van der Waals surface area contributed by atoms with Gasteiger partial charge < -0.3 is 16.2 Å². The van der Waals surface area contributed by atoms with E-state index in [1.54, 1.807) is 35.1 Å². The molecule has 0 radical (unpaired) electrons. The quantitative estimate of drug-likeness (QED) is 0.262. The Balaban J connectivity index is 1.34. The summed E-state index contributed by atoms with van der Waals surface area (Å²) in [5.74, 6) is -1.48. The maximum Gasteiger partial charge on any atom is 0.326 e.